The van der Waals surface area contributed by atoms with Crippen LogP contribution in [0.2, 0.25) is 0 Å². The molecule has 0 amide bonds. The van der Waals surface area contributed by atoms with E-state index in [0.29, 0.717) is 5.82 Å². The minimum Gasteiger partial charge on any atom is -0.497 e. The van der Waals surface area contributed by atoms with Crippen molar-refractivity contribution >= 4 is 16.7 Å². The van der Waals surface area contributed by atoms with Gasteiger partial charge in [0.1, 0.15) is 11.6 Å². The predicted molar refractivity (Wildman–Crippen MR) is 104 cm³/mol. The SMILES string of the molecule is COc1ccc2nc(N)c(-c3ccccc3)c(-c3ccccc3)c2c1. The fraction of sp³-hybridized carbons (Fsp3) is 0.0455. The maximum Gasteiger partial charge on any atom is 0.132 e. The van der Waals surface area contributed by atoms with Crippen molar-refractivity contribution in [3.05, 3.63) is 78.9 Å². The van der Waals surface area contributed by atoms with E-state index in [0.717, 1.165) is 38.9 Å². The lowest BCUT2D eigenvalue weighted by Crippen LogP contribution is -1.99. The second kappa shape index (κ2) is 6.29. The van der Waals surface area contributed by atoms with Crippen molar-refractivity contribution in [2.45, 2.75) is 0 Å². The normalized spacial score (nSPS) is 10.8. The first-order valence-electron chi connectivity index (χ1n) is 8.16. The molecule has 3 nitrogen and oxygen atoms in total. The number of anilines is 1. The highest BCUT2D eigenvalue weighted by atomic mass is 16.5. The Morgan fingerprint density at radius 1 is 0.760 bits per heavy atom. The second-order valence-corrected chi connectivity index (χ2v) is 5.86. The Bertz CT molecular complexity index is 1030. The Morgan fingerprint density at radius 2 is 1.36 bits per heavy atom. The van der Waals surface area contributed by atoms with Gasteiger partial charge in [-0.25, -0.2) is 4.98 Å². The summed E-state index contributed by atoms with van der Waals surface area (Å²) < 4.78 is 5.43. The zero-order valence-electron chi connectivity index (χ0n) is 13.9. The molecule has 0 aliphatic heterocycles. The van der Waals surface area contributed by atoms with Crippen molar-refractivity contribution in [2.75, 3.05) is 12.8 Å². The molecule has 0 aliphatic rings. The Balaban J connectivity index is 2.15. The topological polar surface area (TPSA) is 48.1 Å². The zero-order chi connectivity index (χ0) is 17.2. The number of hydrogen-bond donors (Lipinski definition) is 1. The number of aromatic nitrogens is 1. The smallest absolute Gasteiger partial charge is 0.132 e. The van der Waals surface area contributed by atoms with Gasteiger partial charge in [-0.3, -0.25) is 0 Å². The third-order valence-electron chi connectivity index (χ3n) is 4.35. The van der Waals surface area contributed by atoms with E-state index in [1.807, 2.05) is 54.6 Å². The second-order valence-electron chi connectivity index (χ2n) is 5.86. The molecule has 1 aromatic heterocycles. The molecule has 1 heterocycles. The molecule has 0 spiro atoms. The van der Waals surface area contributed by atoms with Gasteiger partial charge in [-0.2, -0.15) is 0 Å². The number of hydrogen-bond acceptors (Lipinski definition) is 3. The molecule has 0 saturated heterocycles. The first kappa shape index (κ1) is 15.2. The highest BCUT2D eigenvalue weighted by Gasteiger charge is 2.17. The number of ether oxygens (including phenoxy) is 1. The quantitative estimate of drug-likeness (QED) is 0.566. The molecule has 122 valence electrons. The van der Waals surface area contributed by atoms with Crippen LogP contribution >= 0.6 is 0 Å². The molecule has 0 bridgehead atoms. The number of pyridine rings is 1. The van der Waals surface area contributed by atoms with Gasteiger partial charge in [-0.1, -0.05) is 60.7 Å². The first-order valence-corrected chi connectivity index (χ1v) is 8.16. The molecular weight excluding hydrogens is 308 g/mol. The summed E-state index contributed by atoms with van der Waals surface area (Å²) in [5, 5.41) is 1.03. The molecule has 0 atom stereocenters. The van der Waals surface area contributed by atoms with E-state index < -0.39 is 0 Å². The molecule has 3 aromatic carbocycles. The number of nitrogens with two attached hydrogens (primary N) is 1. The summed E-state index contributed by atoms with van der Waals surface area (Å²) in [6, 6.07) is 26.3. The van der Waals surface area contributed by atoms with Crippen LogP contribution in [0.1, 0.15) is 0 Å². The molecule has 25 heavy (non-hydrogen) atoms. The standard InChI is InChI=1S/C22H18N2O/c1-25-17-12-13-19-18(14-17)20(15-8-4-2-5-9-15)21(22(23)24-19)16-10-6-3-7-11-16/h2-14H,1H3,(H2,23,24). The number of rotatable bonds is 3. The summed E-state index contributed by atoms with van der Waals surface area (Å²) in [4.78, 5) is 4.64. The summed E-state index contributed by atoms with van der Waals surface area (Å²) in [5.41, 5.74) is 11.4. The molecule has 0 unspecified atom stereocenters. The molecule has 0 aliphatic carbocycles. The summed E-state index contributed by atoms with van der Waals surface area (Å²) in [7, 11) is 1.67. The van der Waals surface area contributed by atoms with E-state index >= 15 is 0 Å². The predicted octanol–water partition coefficient (Wildman–Crippen LogP) is 5.16. The Kier molecular flexibility index (Phi) is 3.82. The average molecular weight is 326 g/mol. The number of benzene rings is 3. The van der Waals surface area contributed by atoms with Gasteiger partial charge in [0.15, 0.2) is 0 Å². The minimum atomic E-state index is 0.530. The van der Waals surface area contributed by atoms with Crippen LogP contribution in [0.25, 0.3) is 33.2 Å². The van der Waals surface area contributed by atoms with Gasteiger partial charge >= 0.3 is 0 Å². The van der Waals surface area contributed by atoms with Gasteiger partial charge in [-0.05, 0) is 29.3 Å². The largest absolute Gasteiger partial charge is 0.497 e. The molecule has 4 aromatic rings. The summed E-state index contributed by atoms with van der Waals surface area (Å²) in [6.45, 7) is 0. The molecule has 4 rings (SSSR count). The van der Waals surface area contributed by atoms with E-state index in [-0.39, 0.29) is 0 Å². The maximum atomic E-state index is 6.39. The van der Waals surface area contributed by atoms with Crippen LogP contribution in [0.3, 0.4) is 0 Å². The van der Waals surface area contributed by atoms with E-state index in [1.54, 1.807) is 7.11 Å². The fourth-order valence-electron chi connectivity index (χ4n) is 3.19. The number of methoxy groups -OCH3 is 1. The lowest BCUT2D eigenvalue weighted by Gasteiger charge is -2.16. The maximum absolute atomic E-state index is 6.39. The van der Waals surface area contributed by atoms with Crippen molar-refractivity contribution in [3.8, 4) is 28.0 Å². The number of fused-ring (bicyclic) bond motifs is 1. The van der Waals surface area contributed by atoms with Crippen molar-refractivity contribution in [2.24, 2.45) is 0 Å². The van der Waals surface area contributed by atoms with Crippen LogP contribution in [-0.4, -0.2) is 12.1 Å². The van der Waals surface area contributed by atoms with Crippen molar-refractivity contribution < 1.29 is 4.74 Å². The Morgan fingerprint density at radius 3 is 1.96 bits per heavy atom. The lowest BCUT2D eigenvalue weighted by atomic mass is 9.91. The van der Waals surface area contributed by atoms with E-state index in [4.69, 9.17) is 10.5 Å². The van der Waals surface area contributed by atoms with Gasteiger partial charge in [0.05, 0.1) is 12.6 Å². The van der Waals surface area contributed by atoms with Gasteiger partial charge < -0.3 is 10.5 Å². The van der Waals surface area contributed by atoms with Gasteiger partial charge in [0.25, 0.3) is 0 Å². The molecule has 0 radical (unpaired) electrons. The van der Waals surface area contributed by atoms with Crippen molar-refractivity contribution in [1.29, 1.82) is 0 Å². The number of nitrogens with zero attached hydrogens (tertiary/aromatic N) is 1. The van der Waals surface area contributed by atoms with Gasteiger partial charge in [0, 0.05) is 16.5 Å². The van der Waals surface area contributed by atoms with Crippen LogP contribution in [0.4, 0.5) is 5.82 Å². The third kappa shape index (κ3) is 2.70. The monoisotopic (exact) mass is 326 g/mol. The Hall–Kier alpha value is -3.33. The van der Waals surface area contributed by atoms with E-state index in [9.17, 15) is 0 Å². The average Bonchev–Trinajstić information content (AvgIpc) is 2.68. The minimum absolute atomic E-state index is 0.530. The molecule has 0 saturated carbocycles. The molecular formula is C22H18N2O. The molecule has 2 N–H and O–H groups in total. The van der Waals surface area contributed by atoms with E-state index in [2.05, 4.69) is 29.2 Å². The summed E-state index contributed by atoms with van der Waals surface area (Å²) in [6.07, 6.45) is 0. The summed E-state index contributed by atoms with van der Waals surface area (Å²) in [5.74, 6) is 1.33. The fourth-order valence-corrected chi connectivity index (χ4v) is 3.19. The van der Waals surface area contributed by atoms with Crippen molar-refractivity contribution in [3.63, 3.8) is 0 Å². The lowest BCUT2D eigenvalue weighted by molar-refractivity contribution is 0.415. The van der Waals surface area contributed by atoms with E-state index in [1.165, 1.54) is 0 Å². The van der Waals surface area contributed by atoms with Crippen LogP contribution in [0.5, 0.6) is 5.75 Å². The van der Waals surface area contributed by atoms with Crippen LogP contribution < -0.4 is 10.5 Å². The highest BCUT2D eigenvalue weighted by Crippen LogP contribution is 2.41. The van der Waals surface area contributed by atoms with Gasteiger partial charge in [0.2, 0.25) is 0 Å². The first-order chi connectivity index (χ1) is 12.3. The third-order valence-corrected chi connectivity index (χ3v) is 4.35. The Labute approximate surface area is 146 Å². The molecule has 0 fully saturated rings. The van der Waals surface area contributed by atoms with Crippen LogP contribution in [-0.2, 0) is 0 Å². The van der Waals surface area contributed by atoms with Crippen LogP contribution in [0, 0.1) is 0 Å². The van der Waals surface area contributed by atoms with Crippen LogP contribution in [0.15, 0.2) is 78.9 Å². The number of nitrogen functional groups attached to an aromatic ring is 1. The highest BCUT2D eigenvalue weighted by molar-refractivity contribution is 6.06. The van der Waals surface area contributed by atoms with Gasteiger partial charge in [-0.15, -0.1) is 0 Å². The zero-order valence-corrected chi connectivity index (χ0v) is 13.9. The van der Waals surface area contributed by atoms with Crippen molar-refractivity contribution in [1.82, 2.24) is 4.98 Å². The summed E-state index contributed by atoms with van der Waals surface area (Å²) >= 11 is 0. The molecule has 3 heteroatoms.